The van der Waals surface area contributed by atoms with Crippen molar-refractivity contribution in [3.05, 3.63) is 72.9 Å². The molecule has 1 rings (SSSR count). The number of aliphatic carboxylic acids is 1. The van der Waals surface area contributed by atoms with Crippen LogP contribution in [0.1, 0.15) is 303 Å². The number of carbonyl (C=O) groups is 4. The van der Waals surface area contributed by atoms with E-state index in [1.54, 1.807) is 0 Å². The normalized spacial score (nSPS) is 18.0. The second kappa shape index (κ2) is 58.5. The fraction of sp³-hybridized carbons (Fsp3) is 0.775. The van der Waals surface area contributed by atoms with Gasteiger partial charge in [-0.05, 0) is 89.9 Å². The molecule has 0 amide bonds. The van der Waals surface area contributed by atoms with Crippen molar-refractivity contribution in [3.63, 3.8) is 0 Å². The third-order valence-corrected chi connectivity index (χ3v) is 15.3. The van der Waals surface area contributed by atoms with Crippen LogP contribution in [-0.4, -0.2) is 89.2 Å². The van der Waals surface area contributed by atoms with Crippen molar-refractivity contribution in [1.29, 1.82) is 0 Å². The monoisotopic (exact) mass is 1170 g/mol. The summed E-state index contributed by atoms with van der Waals surface area (Å²) in [7, 11) is 0. The topological polar surface area (TPSA) is 175 Å². The average molecular weight is 1170 g/mol. The summed E-state index contributed by atoms with van der Waals surface area (Å²) < 4.78 is 28.6. The van der Waals surface area contributed by atoms with Crippen LogP contribution in [-0.2, 0) is 42.9 Å². The summed E-state index contributed by atoms with van der Waals surface area (Å²) in [6.07, 6.45) is 62.8. The second-order valence-electron chi connectivity index (χ2n) is 23.1. The molecule has 1 heterocycles. The summed E-state index contributed by atoms with van der Waals surface area (Å²) in [4.78, 5) is 51.4. The van der Waals surface area contributed by atoms with Gasteiger partial charge in [-0.25, -0.2) is 4.79 Å². The van der Waals surface area contributed by atoms with E-state index in [1.165, 1.54) is 122 Å². The van der Waals surface area contributed by atoms with E-state index in [-0.39, 0.29) is 25.9 Å². The standard InChI is InChI=1S/C71H122O12/c1-4-7-10-13-16-19-22-25-28-31-32-35-38-41-44-47-50-53-56-59-65(74)82-69-67(76)66(75)68(70(77)78)83-71(69)80-61-62(81-64(73)58-55-52-49-46-43-40-37-34-30-27-24-21-18-15-12-9-6-3)60-79-63(72)57-54-51-48-45-42-39-36-33-29-26-23-20-17-14-11-8-5-2/h8,11,16-17,19-20,25-26,28-29,32,35,62,66-69,71,75-76H,4-7,9-10,12-15,18,21-24,27,30-31,33-34,36-61H2,1-3H3,(H,77,78)/b11-8-,19-16-,20-17-,28-25-,29-26-,35-32-. The number of aliphatic hydroxyl groups is 2. The van der Waals surface area contributed by atoms with Gasteiger partial charge in [-0.3, -0.25) is 14.4 Å². The quantitative estimate of drug-likeness (QED) is 0.0228. The van der Waals surface area contributed by atoms with Gasteiger partial charge in [0.05, 0.1) is 6.61 Å². The predicted molar refractivity (Wildman–Crippen MR) is 340 cm³/mol. The molecule has 1 aliphatic rings. The van der Waals surface area contributed by atoms with E-state index in [0.29, 0.717) is 19.3 Å². The maximum absolute atomic E-state index is 13.2. The smallest absolute Gasteiger partial charge is 0.335 e. The number of carbonyl (C=O) groups excluding carboxylic acids is 3. The van der Waals surface area contributed by atoms with Gasteiger partial charge in [-0.15, -0.1) is 0 Å². The van der Waals surface area contributed by atoms with Crippen LogP contribution in [0.2, 0.25) is 0 Å². The third kappa shape index (κ3) is 48.0. The van der Waals surface area contributed by atoms with E-state index in [9.17, 15) is 34.5 Å². The van der Waals surface area contributed by atoms with Crippen molar-refractivity contribution in [2.75, 3.05) is 13.2 Å². The first-order valence-corrected chi connectivity index (χ1v) is 33.9. The Balaban J connectivity index is 2.65. The first kappa shape index (κ1) is 77.2. The molecular formula is C71H122O12. The highest BCUT2D eigenvalue weighted by molar-refractivity contribution is 5.74. The van der Waals surface area contributed by atoms with Gasteiger partial charge in [-0.1, -0.05) is 267 Å². The molecule has 0 aliphatic carbocycles. The fourth-order valence-electron chi connectivity index (χ4n) is 10.1. The van der Waals surface area contributed by atoms with Crippen molar-refractivity contribution in [2.45, 2.75) is 340 Å². The number of carboxylic acids is 1. The molecule has 3 N–H and O–H groups in total. The van der Waals surface area contributed by atoms with Crippen molar-refractivity contribution in [1.82, 2.24) is 0 Å². The molecule has 1 aliphatic heterocycles. The summed E-state index contributed by atoms with van der Waals surface area (Å²) in [6.45, 7) is 5.89. The average Bonchev–Trinajstić information content (AvgIpc) is 3.58. The van der Waals surface area contributed by atoms with Gasteiger partial charge in [0.1, 0.15) is 18.8 Å². The van der Waals surface area contributed by atoms with E-state index in [4.69, 9.17) is 23.7 Å². The predicted octanol–water partition coefficient (Wildman–Crippen LogP) is 18.5. The van der Waals surface area contributed by atoms with E-state index >= 15 is 0 Å². The molecule has 6 atom stereocenters. The van der Waals surface area contributed by atoms with Crippen LogP contribution < -0.4 is 0 Å². The number of rotatable bonds is 58. The molecule has 12 heteroatoms. The van der Waals surface area contributed by atoms with Gasteiger partial charge in [0.2, 0.25) is 0 Å². The first-order valence-electron chi connectivity index (χ1n) is 33.9. The molecule has 12 nitrogen and oxygen atoms in total. The summed E-state index contributed by atoms with van der Waals surface area (Å²) in [6, 6.07) is 0. The number of hydrogen-bond acceptors (Lipinski definition) is 11. The van der Waals surface area contributed by atoms with E-state index in [0.717, 1.165) is 122 Å². The van der Waals surface area contributed by atoms with Crippen LogP contribution in [0, 0.1) is 0 Å². The highest BCUT2D eigenvalue weighted by atomic mass is 16.7. The second-order valence-corrected chi connectivity index (χ2v) is 23.1. The van der Waals surface area contributed by atoms with Crippen molar-refractivity contribution in [3.8, 4) is 0 Å². The summed E-state index contributed by atoms with van der Waals surface area (Å²) in [5, 5.41) is 31.6. The Morgan fingerprint density at radius 3 is 1.18 bits per heavy atom. The zero-order chi connectivity index (χ0) is 60.3. The lowest BCUT2D eigenvalue weighted by molar-refractivity contribution is -0.301. The number of hydrogen-bond donors (Lipinski definition) is 3. The van der Waals surface area contributed by atoms with Crippen molar-refractivity contribution < 1.29 is 58.2 Å². The number of unbranched alkanes of at least 4 members (excludes halogenated alkanes) is 32. The van der Waals surface area contributed by atoms with E-state index < -0.39 is 67.3 Å². The lowest BCUT2D eigenvalue weighted by Crippen LogP contribution is -2.61. The zero-order valence-corrected chi connectivity index (χ0v) is 52.9. The van der Waals surface area contributed by atoms with Gasteiger partial charge in [-0.2, -0.15) is 0 Å². The Morgan fingerprint density at radius 1 is 0.410 bits per heavy atom. The highest BCUT2D eigenvalue weighted by Gasteiger charge is 2.50. The van der Waals surface area contributed by atoms with Crippen molar-refractivity contribution in [2.24, 2.45) is 0 Å². The van der Waals surface area contributed by atoms with Gasteiger partial charge < -0.3 is 39.0 Å². The van der Waals surface area contributed by atoms with Gasteiger partial charge >= 0.3 is 23.9 Å². The molecular weight excluding hydrogens is 1040 g/mol. The number of aliphatic hydroxyl groups excluding tert-OH is 2. The minimum Gasteiger partial charge on any atom is -0.479 e. The molecule has 0 bridgehead atoms. The molecule has 0 saturated carbocycles. The number of allylic oxidation sites excluding steroid dienone is 12. The number of esters is 3. The van der Waals surface area contributed by atoms with Crippen LogP contribution in [0.5, 0.6) is 0 Å². The number of ether oxygens (including phenoxy) is 5. The minimum absolute atomic E-state index is 0.0448. The molecule has 0 radical (unpaired) electrons. The van der Waals surface area contributed by atoms with Crippen LogP contribution >= 0.6 is 0 Å². The molecule has 1 saturated heterocycles. The summed E-state index contributed by atoms with van der Waals surface area (Å²) in [5.41, 5.74) is 0. The Hall–Kier alpha value is -3.84. The molecule has 0 spiro atoms. The van der Waals surface area contributed by atoms with Crippen LogP contribution in [0.25, 0.3) is 0 Å². The van der Waals surface area contributed by atoms with E-state index in [1.807, 2.05) is 0 Å². The van der Waals surface area contributed by atoms with Gasteiger partial charge in [0.25, 0.3) is 0 Å². The highest BCUT2D eigenvalue weighted by Crippen LogP contribution is 2.27. The van der Waals surface area contributed by atoms with Crippen LogP contribution in [0.15, 0.2) is 72.9 Å². The lowest BCUT2D eigenvalue weighted by atomic mass is 9.98. The largest absolute Gasteiger partial charge is 0.479 e. The molecule has 0 aromatic carbocycles. The van der Waals surface area contributed by atoms with Gasteiger partial charge in [0, 0.05) is 19.3 Å². The zero-order valence-electron chi connectivity index (χ0n) is 52.9. The Labute approximate surface area is 506 Å². The molecule has 83 heavy (non-hydrogen) atoms. The Morgan fingerprint density at radius 2 is 0.759 bits per heavy atom. The van der Waals surface area contributed by atoms with Crippen LogP contribution in [0.4, 0.5) is 0 Å². The van der Waals surface area contributed by atoms with Crippen LogP contribution in [0.3, 0.4) is 0 Å². The lowest BCUT2D eigenvalue weighted by Gasteiger charge is -2.40. The molecule has 1 fully saturated rings. The fourth-order valence-corrected chi connectivity index (χ4v) is 10.1. The summed E-state index contributed by atoms with van der Waals surface area (Å²) in [5.74, 6) is -3.13. The maximum Gasteiger partial charge on any atom is 0.335 e. The minimum atomic E-state index is -1.91. The van der Waals surface area contributed by atoms with Crippen molar-refractivity contribution >= 4 is 23.9 Å². The molecule has 6 unspecified atom stereocenters. The SMILES string of the molecule is CC/C=C\C/C=C\C/C=C\CCCCCCCCCC(=O)OCC(COC1OC(C(=O)O)C(O)C(O)C1OC(=O)CCCCCCCC/C=C\C/C=C\C/C=C\CCCCC)OC(=O)CCCCCCCCCCCCCCCCCCC. The Bertz CT molecular complexity index is 1720. The summed E-state index contributed by atoms with van der Waals surface area (Å²) >= 11 is 0. The van der Waals surface area contributed by atoms with E-state index in [2.05, 4.69) is 93.7 Å². The number of carboxylic acid groups (broad SMARTS) is 1. The Kier molecular flexibility index (Phi) is 54.4. The maximum atomic E-state index is 13.2. The molecule has 0 aromatic heterocycles. The molecule has 0 aromatic rings. The first-order chi connectivity index (χ1) is 40.6. The third-order valence-electron chi connectivity index (χ3n) is 15.3. The van der Waals surface area contributed by atoms with Gasteiger partial charge in [0.15, 0.2) is 24.6 Å². The molecule has 478 valence electrons.